The van der Waals surface area contributed by atoms with Gasteiger partial charge in [0.15, 0.2) is 0 Å². The number of hydrogen-bond donors (Lipinski definition) is 0. The second-order valence-electron chi connectivity index (χ2n) is 6.19. The lowest BCUT2D eigenvalue weighted by atomic mass is 9.86. The molecule has 1 heterocycles. The number of fused-ring (bicyclic) bond motifs is 1. The highest BCUT2D eigenvalue weighted by Gasteiger charge is 2.46. The number of carbonyl (C=O) groups is 2. The van der Waals surface area contributed by atoms with Gasteiger partial charge in [-0.15, -0.1) is 0 Å². The summed E-state index contributed by atoms with van der Waals surface area (Å²) in [6.45, 7) is 6.50. The summed E-state index contributed by atoms with van der Waals surface area (Å²) in [5, 5.41) is 0. The van der Waals surface area contributed by atoms with Gasteiger partial charge in [0.25, 0.3) is 11.8 Å². The highest BCUT2D eigenvalue weighted by molar-refractivity contribution is 6.13. The number of rotatable bonds is 4. The minimum Gasteiger partial charge on any atom is -0.269 e. The molecule has 0 bridgehead atoms. The zero-order valence-corrected chi connectivity index (χ0v) is 13.5. The second-order valence-corrected chi connectivity index (χ2v) is 6.19. The molecule has 1 aromatic rings. The van der Waals surface area contributed by atoms with Gasteiger partial charge in [0.05, 0.1) is 6.04 Å². The van der Waals surface area contributed by atoms with Gasteiger partial charge in [0, 0.05) is 12.2 Å². The number of aryl methyl sites for hydroxylation is 1. The summed E-state index contributed by atoms with van der Waals surface area (Å²) in [7, 11) is 0. The van der Waals surface area contributed by atoms with Crippen LogP contribution in [0.2, 0.25) is 0 Å². The first-order chi connectivity index (χ1) is 10.6. The van der Waals surface area contributed by atoms with Crippen LogP contribution in [0.5, 0.6) is 0 Å². The fraction of sp³-hybridized carbons (Fsp3) is 0.474. The highest BCUT2D eigenvalue weighted by atomic mass is 16.2. The molecule has 0 N–H and O–H groups in total. The van der Waals surface area contributed by atoms with Gasteiger partial charge in [-0.3, -0.25) is 14.5 Å². The molecule has 3 atom stereocenters. The van der Waals surface area contributed by atoms with Crippen molar-refractivity contribution in [1.29, 1.82) is 0 Å². The average molecular weight is 297 g/mol. The molecule has 0 fully saturated rings. The van der Waals surface area contributed by atoms with E-state index in [0.29, 0.717) is 11.8 Å². The van der Waals surface area contributed by atoms with Crippen LogP contribution in [0.15, 0.2) is 30.4 Å². The Hall–Kier alpha value is -1.90. The number of benzene rings is 1. The van der Waals surface area contributed by atoms with E-state index in [1.807, 2.05) is 0 Å². The molecule has 22 heavy (non-hydrogen) atoms. The van der Waals surface area contributed by atoms with Gasteiger partial charge in [-0.25, -0.2) is 0 Å². The lowest BCUT2D eigenvalue weighted by Crippen LogP contribution is -2.37. The van der Waals surface area contributed by atoms with Crippen molar-refractivity contribution < 1.29 is 9.59 Å². The molecule has 0 saturated heterocycles. The third-order valence-electron chi connectivity index (χ3n) is 5.26. The van der Waals surface area contributed by atoms with Crippen LogP contribution in [0.25, 0.3) is 0 Å². The molecular weight excluding hydrogens is 274 g/mol. The van der Waals surface area contributed by atoms with Crippen LogP contribution >= 0.6 is 0 Å². The van der Waals surface area contributed by atoms with Crippen LogP contribution in [-0.4, -0.2) is 16.7 Å². The number of hydrogen-bond acceptors (Lipinski definition) is 2. The Labute approximate surface area is 132 Å². The molecule has 0 saturated carbocycles. The number of amides is 2. The zero-order chi connectivity index (χ0) is 15.9. The first-order valence-electron chi connectivity index (χ1n) is 8.30. The lowest BCUT2D eigenvalue weighted by molar-refractivity contribution is -0.141. The van der Waals surface area contributed by atoms with E-state index in [-0.39, 0.29) is 17.9 Å². The molecule has 1 aliphatic heterocycles. The molecule has 2 amide bonds. The molecular formula is C19H23NO2. The third-order valence-corrected chi connectivity index (χ3v) is 5.26. The summed E-state index contributed by atoms with van der Waals surface area (Å²) >= 11 is 0. The van der Waals surface area contributed by atoms with Gasteiger partial charge in [0.2, 0.25) is 0 Å². The van der Waals surface area contributed by atoms with Crippen LogP contribution in [0.3, 0.4) is 0 Å². The third kappa shape index (κ3) is 2.03. The molecule has 0 unspecified atom stereocenters. The Kier molecular flexibility index (Phi) is 3.90. The molecule has 116 valence electrons. The van der Waals surface area contributed by atoms with E-state index in [1.54, 1.807) is 0 Å². The van der Waals surface area contributed by atoms with Gasteiger partial charge in [-0.1, -0.05) is 45.4 Å². The van der Waals surface area contributed by atoms with Gasteiger partial charge >= 0.3 is 0 Å². The summed E-state index contributed by atoms with van der Waals surface area (Å²) in [5.41, 5.74) is 3.84. The largest absolute Gasteiger partial charge is 0.269 e. The summed E-state index contributed by atoms with van der Waals surface area (Å²) in [6, 6.07) is 6.33. The molecule has 0 aromatic heterocycles. The summed E-state index contributed by atoms with van der Waals surface area (Å²) < 4.78 is 0. The number of imide groups is 1. The first-order valence-corrected chi connectivity index (χ1v) is 8.30. The van der Waals surface area contributed by atoms with E-state index in [9.17, 15) is 9.59 Å². The minimum atomic E-state index is -0.165. The zero-order valence-electron chi connectivity index (χ0n) is 13.5. The molecule has 2 aliphatic rings. The Morgan fingerprint density at radius 1 is 1.00 bits per heavy atom. The molecule has 1 aliphatic carbocycles. The maximum atomic E-state index is 12.3. The van der Waals surface area contributed by atoms with E-state index in [0.717, 1.165) is 19.3 Å². The van der Waals surface area contributed by atoms with Crippen molar-refractivity contribution in [1.82, 2.24) is 4.90 Å². The van der Waals surface area contributed by atoms with Gasteiger partial charge in [-0.2, -0.15) is 0 Å². The van der Waals surface area contributed by atoms with Gasteiger partial charge < -0.3 is 0 Å². The Morgan fingerprint density at radius 2 is 1.68 bits per heavy atom. The fourth-order valence-electron chi connectivity index (χ4n) is 4.33. The van der Waals surface area contributed by atoms with Crippen molar-refractivity contribution >= 4 is 11.8 Å². The topological polar surface area (TPSA) is 37.4 Å². The van der Waals surface area contributed by atoms with Crippen molar-refractivity contribution in [2.75, 3.05) is 0 Å². The normalized spacial score (nSPS) is 26.9. The van der Waals surface area contributed by atoms with Gasteiger partial charge in [-0.05, 0) is 41.4 Å². The minimum absolute atomic E-state index is 0.101. The molecule has 0 radical (unpaired) electrons. The van der Waals surface area contributed by atoms with Crippen LogP contribution in [-0.2, 0) is 16.0 Å². The van der Waals surface area contributed by atoms with Gasteiger partial charge in [0.1, 0.15) is 0 Å². The first kappa shape index (κ1) is 15.0. The van der Waals surface area contributed by atoms with Crippen LogP contribution in [0, 0.1) is 5.92 Å². The Morgan fingerprint density at radius 3 is 2.23 bits per heavy atom. The Bertz CT molecular complexity index is 629. The SMILES string of the molecule is CCc1cccc2c1[C@@H](N1C(=O)C=CC1=O)[C@@H](CC)[C@@H]2CC. The summed E-state index contributed by atoms with van der Waals surface area (Å²) in [5.74, 6) is 0.419. The molecule has 3 heteroatoms. The fourth-order valence-corrected chi connectivity index (χ4v) is 4.33. The number of carbonyl (C=O) groups excluding carboxylic acids is 2. The van der Waals surface area contributed by atoms with Crippen molar-refractivity contribution in [3.63, 3.8) is 0 Å². The maximum Gasteiger partial charge on any atom is 0.254 e. The van der Waals surface area contributed by atoms with E-state index in [4.69, 9.17) is 0 Å². The average Bonchev–Trinajstić information content (AvgIpc) is 3.03. The van der Waals surface area contributed by atoms with Crippen LogP contribution < -0.4 is 0 Å². The van der Waals surface area contributed by atoms with Crippen LogP contribution in [0.1, 0.15) is 62.3 Å². The smallest absolute Gasteiger partial charge is 0.254 e. The van der Waals surface area contributed by atoms with E-state index >= 15 is 0 Å². The standard InChI is InChI=1S/C19H23NO2/c1-4-12-8-7-9-15-13(5-2)14(6-3)19(18(12)15)20-16(21)10-11-17(20)22/h7-11,13-14,19H,4-6H2,1-3H3/t13-,14-,19-/m0/s1. The highest BCUT2D eigenvalue weighted by Crippen LogP contribution is 2.52. The molecule has 1 aromatic carbocycles. The maximum absolute atomic E-state index is 12.3. The van der Waals surface area contributed by atoms with Crippen molar-refractivity contribution in [2.45, 2.75) is 52.0 Å². The van der Waals surface area contributed by atoms with E-state index in [1.165, 1.54) is 33.7 Å². The van der Waals surface area contributed by atoms with E-state index < -0.39 is 0 Å². The predicted octanol–water partition coefficient (Wildman–Crippen LogP) is 3.75. The van der Waals surface area contributed by atoms with Crippen molar-refractivity contribution in [2.24, 2.45) is 5.92 Å². The lowest BCUT2D eigenvalue weighted by Gasteiger charge is -2.31. The molecule has 3 rings (SSSR count). The Balaban J connectivity index is 2.17. The number of nitrogens with zero attached hydrogens (tertiary/aromatic N) is 1. The summed E-state index contributed by atoms with van der Waals surface area (Å²) in [6.07, 6.45) is 5.75. The second kappa shape index (κ2) is 5.71. The van der Waals surface area contributed by atoms with Crippen LogP contribution in [0.4, 0.5) is 0 Å². The van der Waals surface area contributed by atoms with E-state index in [2.05, 4.69) is 39.0 Å². The van der Waals surface area contributed by atoms with Crippen molar-refractivity contribution in [3.05, 3.63) is 47.0 Å². The summed E-state index contributed by atoms with van der Waals surface area (Å²) in [4.78, 5) is 26.0. The predicted molar refractivity (Wildman–Crippen MR) is 86.4 cm³/mol. The molecule has 3 nitrogen and oxygen atoms in total. The quantitative estimate of drug-likeness (QED) is 0.794. The molecule has 0 spiro atoms. The van der Waals surface area contributed by atoms with Crippen molar-refractivity contribution in [3.8, 4) is 0 Å². The monoisotopic (exact) mass is 297 g/mol.